The molecule has 1 unspecified atom stereocenters. The summed E-state index contributed by atoms with van der Waals surface area (Å²) >= 11 is 0. The maximum Gasteiger partial charge on any atom is 0.254 e. The van der Waals surface area contributed by atoms with Crippen LogP contribution >= 0.6 is 0 Å². The third kappa shape index (κ3) is 3.53. The van der Waals surface area contributed by atoms with Gasteiger partial charge in [-0.15, -0.1) is 0 Å². The molecule has 19 heavy (non-hydrogen) atoms. The molecule has 0 radical (unpaired) electrons. The van der Waals surface area contributed by atoms with Gasteiger partial charge in [-0.3, -0.25) is 4.79 Å². The number of hydrogen-bond acceptors (Lipinski definition) is 1. The van der Waals surface area contributed by atoms with E-state index in [4.69, 9.17) is 0 Å². The number of pyridine rings is 1. The number of hydrogen-bond donors (Lipinski definition) is 0. The van der Waals surface area contributed by atoms with Gasteiger partial charge in [-0.25, -0.2) is 4.39 Å². The van der Waals surface area contributed by atoms with Crippen LogP contribution in [0, 0.1) is 6.92 Å². The molecule has 1 aromatic heterocycles. The summed E-state index contributed by atoms with van der Waals surface area (Å²) in [5, 5.41) is 0. The van der Waals surface area contributed by atoms with E-state index >= 15 is 0 Å². The second-order valence-electron chi connectivity index (χ2n) is 4.57. The Bertz CT molecular complexity index is 581. The van der Waals surface area contributed by atoms with Gasteiger partial charge in [0.15, 0.2) is 0 Å². The lowest BCUT2D eigenvalue weighted by Crippen LogP contribution is -2.28. The molecular weight excluding hydrogens is 241 g/mol. The Balaban J connectivity index is 3.22. The smallest absolute Gasteiger partial charge is 0.254 e. The van der Waals surface area contributed by atoms with Crippen LogP contribution in [0.3, 0.4) is 0 Å². The summed E-state index contributed by atoms with van der Waals surface area (Å²) in [5.74, 6) is -0.527. The van der Waals surface area contributed by atoms with Crippen molar-refractivity contribution in [2.75, 3.05) is 0 Å². The van der Waals surface area contributed by atoms with E-state index in [2.05, 4.69) is 13.2 Å². The highest BCUT2D eigenvalue weighted by molar-refractivity contribution is 5.26. The summed E-state index contributed by atoms with van der Waals surface area (Å²) in [4.78, 5) is 12.2. The molecule has 2 nitrogen and oxygen atoms in total. The minimum atomic E-state index is -0.527. The van der Waals surface area contributed by atoms with Crippen LogP contribution in [0.4, 0.5) is 4.39 Å². The number of aromatic nitrogens is 1. The Morgan fingerprint density at radius 3 is 2.58 bits per heavy atom. The average molecular weight is 261 g/mol. The molecule has 1 heterocycles. The van der Waals surface area contributed by atoms with Crippen LogP contribution < -0.4 is 5.56 Å². The molecule has 0 amide bonds. The third-order valence-electron chi connectivity index (χ3n) is 3.16. The molecule has 1 aromatic rings. The van der Waals surface area contributed by atoms with E-state index in [-0.39, 0.29) is 11.6 Å². The second kappa shape index (κ2) is 6.32. The van der Waals surface area contributed by atoms with Gasteiger partial charge in [0.05, 0.1) is 6.04 Å². The third-order valence-corrected chi connectivity index (χ3v) is 3.16. The zero-order valence-electron chi connectivity index (χ0n) is 11.7. The van der Waals surface area contributed by atoms with Crippen molar-refractivity contribution in [2.45, 2.75) is 33.2 Å². The van der Waals surface area contributed by atoms with Crippen LogP contribution in [0.25, 0.3) is 0 Å². The molecule has 0 aliphatic rings. The Morgan fingerprint density at radius 1 is 1.42 bits per heavy atom. The SMILES string of the molecule is C=C(F)/C=C\C(=C)C(C)n1c(CC)ccc(C)c1=O. The topological polar surface area (TPSA) is 22.0 Å². The fraction of sp³-hybridized carbons (Fsp3) is 0.312. The van der Waals surface area contributed by atoms with Crippen LogP contribution in [0.5, 0.6) is 0 Å². The van der Waals surface area contributed by atoms with Crippen LogP contribution in [0.1, 0.15) is 31.1 Å². The lowest BCUT2D eigenvalue weighted by Gasteiger charge is -2.20. The van der Waals surface area contributed by atoms with Gasteiger partial charge in [0.1, 0.15) is 5.83 Å². The van der Waals surface area contributed by atoms with E-state index in [1.807, 2.05) is 26.0 Å². The predicted octanol–water partition coefficient (Wildman–Crippen LogP) is 3.88. The zero-order valence-corrected chi connectivity index (χ0v) is 11.7. The van der Waals surface area contributed by atoms with Gasteiger partial charge in [0, 0.05) is 11.3 Å². The fourth-order valence-electron chi connectivity index (χ4n) is 1.91. The van der Waals surface area contributed by atoms with Crippen LogP contribution in [0.15, 0.2) is 53.6 Å². The molecule has 0 aromatic carbocycles. The van der Waals surface area contributed by atoms with Gasteiger partial charge in [0.25, 0.3) is 5.56 Å². The van der Waals surface area contributed by atoms with Crippen LogP contribution in [-0.4, -0.2) is 4.57 Å². The highest BCUT2D eigenvalue weighted by Crippen LogP contribution is 2.18. The zero-order chi connectivity index (χ0) is 14.6. The summed E-state index contributed by atoms with van der Waals surface area (Å²) in [5.41, 5.74) is 2.27. The van der Waals surface area contributed by atoms with Crippen molar-refractivity contribution in [1.29, 1.82) is 0 Å². The summed E-state index contributed by atoms with van der Waals surface area (Å²) in [6, 6.07) is 3.56. The lowest BCUT2D eigenvalue weighted by molar-refractivity contribution is 0.582. The van der Waals surface area contributed by atoms with E-state index < -0.39 is 5.83 Å². The monoisotopic (exact) mass is 261 g/mol. The minimum absolute atomic E-state index is 0.0273. The van der Waals surface area contributed by atoms with E-state index in [0.29, 0.717) is 11.1 Å². The molecule has 0 N–H and O–H groups in total. The minimum Gasteiger partial charge on any atom is -0.305 e. The Morgan fingerprint density at radius 2 is 2.05 bits per heavy atom. The van der Waals surface area contributed by atoms with E-state index in [0.717, 1.165) is 12.1 Å². The van der Waals surface area contributed by atoms with Crippen LogP contribution in [-0.2, 0) is 6.42 Å². The lowest BCUT2D eigenvalue weighted by atomic mass is 10.1. The molecule has 3 heteroatoms. The van der Waals surface area contributed by atoms with Gasteiger partial charge >= 0.3 is 0 Å². The van der Waals surface area contributed by atoms with Crippen molar-refractivity contribution in [3.63, 3.8) is 0 Å². The largest absolute Gasteiger partial charge is 0.305 e. The number of halogens is 1. The first-order valence-electron chi connectivity index (χ1n) is 6.30. The van der Waals surface area contributed by atoms with Gasteiger partial charge < -0.3 is 4.57 Å². The Labute approximate surface area is 113 Å². The van der Waals surface area contributed by atoms with Crippen molar-refractivity contribution in [3.8, 4) is 0 Å². The highest BCUT2D eigenvalue weighted by atomic mass is 19.1. The highest BCUT2D eigenvalue weighted by Gasteiger charge is 2.13. The second-order valence-corrected chi connectivity index (χ2v) is 4.57. The first kappa shape index (κ1) is 15.2. The van der Waals surface area contributed by atoms with Gasteiger partial charge in [-0.05, 0) is 38.0 Å². The molecule has 0 aliphatic heterocycles. The van der Waals surface area contributed by atoms with Gasteiger partial charge in [0.2, 0.25) is 0 Å². The number of rotatable bonds is 5. The molecule has 0 bridgehead atoms. The van der Waals surface area contributed by atoms with Crippen molar-refractivity contribution >= 4 is 0 Å². The van der Waals surface area contributed by atoms with Crippen molar-refractivity contribution in [3.05, 3.63) is 70.5 Å². The molecule has 0 saturated carbocycles. The molecule has 0 saturated heterocycles. The van der Waals surface area contributed by atoms with E-state index in [9.17, 15) is 9.18 Å². The van der Waals surface area contributed by atoms with Crippen LogP contribution in [0.2, 0.25) is 0 Å². The number of aryl methyl sites for hydroxylation is 2. The molecular formula is C16H20FNO. The Hall–Kier alpha value is -1.90. The average Bonchev–Trinajstić information content (AvgIpc) is 2.38. The van der Waals surface area contributed by atoms with Crippen molar-refractivity contribution < 1.29 is 4.39 Å². The first-order valence-corrected chi connectivity index (χ1v) is 6.30. The summed E-state index contributed by atoms with van der Waals surface area (Å²) in [6.45, 7) is 12.7. The maximum absolute atomic E-state index is 12.6. The molecule has 0 spiro atoms. The molecule has 1 rings (SSSR count). The normalized spacial score (nSPS) is 12.6. The van der Waals surface area contributed by atoms with E-state index in [1.54, 1.807) is 17.6 Å². The van der Waals surface area contributed by atoms with Crippen molar-refractivity contribution in [2.24, 2.45) is 0 Å². The van der Waals surface area contributed by atoms with E-state index in [1.165, 1.54) is 6.08 Å². The summed E-state index contributed by atoms with van der Waals surface area (Å²) < 4.78 is 14.3. The molecule has 1 atom stereocenters. The van der Waals surface area contributed by atoms with Gasteiger partial charge in [-0.2, -0.15) is 0 Å². The molecule has 0 fully saturated rings. The predicted molar refractivity (Wildman–Crippen MR) is 78.1 cm³/mol. The maximum atomic E-state index is 12.6. The standard InChI is InChI=1S/C16H20FNO/c1-6-15-10-8-12(3)16(19)18(15)14(5)11(2)7-9-13(4)17/h7-10,14H,2,4,6H2,1,3,5H3/b9-7-. The summed E-state index contributed by atoms with van der Waals surface area (Å²) in [6.07, 6.45) is 3.57. The first-order chi connectivity index (χ1) is 8.88. The fourth-order valence-corrected chi connectivity index (χ4v) is 1.91. The number of allylic oxidation sites excluding steroid dienone is 4. The molecule has 102 valence electrons. The quantitative estimate of drug-likeness (QED) is 0.737. The van der Waals surface area contributed by atoms with Gasteiger partial charge in [-0.1, -0.05) is 32.2 Å². The molecule has 0 aliphatic carbocycles. The van der Waals surface area contributed by atoms with Crippen molar-refractivity contribution in [1.82, 2.24) is 4.57 Å². The summed E-state index contributed by atoms with van der Waals surface area (Å²) in [7, 11) is 0. The Kier molecular flexibility index (Phi) is 5.04. The number of nitrogens with zero attached hydrogens (tertiary/aromatic N) is 1.